The first-order valence-corrected chi connectivity index (χ1v) is 12.3. The van der Waals surface area contributed by atoms with Gasteiger partial charge in [0.25, 0.3) is 0 Å². The molecule has 1 aromatic carbocycles. The molecule has 4 unspecified atom stereocenters. The van der Waals surface area contributed by atoms with Gasteiger partial charge in [0.2, 0.25) is 11.8 Å². The Hall–Kier alpha value is -3.53. The van der Waals surface area contributed by atoms with Crippen LogP contribution in [0.2, 0.25) is 0 Å². The molecule has 3 amide bonds. The first kappa shape index (κ1) is 24.2. The van der Waals surface area contributed by atoms with Crippen LogP contribution < -0.4 is 4.74 Å². The summed E-state index contributed by atoms with van der Waals surface area (Å²) in [7, 11) is 1.09. The molecule has 1 saturated heterocycles. The number of fused-ring (bicyclic) bond motifs is 3. The lowest BCUT2D eigenvalue weighted by atomic mass is 9.59. The van der Waals surface area contributed by atoms with E-state index in [1.807, 2.05) is 0 Å². The number of Topliss-reactive ketones (excluding diaryl/α,β-unsaturated/α-hetero) is 1. The number of amides is 3. The number of phenols is 1. The molecule has 1 aromatic rings. The lowest BCUT2D eigenvalue weighted by Crippen LogP contribution is -2.40. The van der Waals surface area contributed by atoms with E-state index in [-0.39, 0.29) is 45.8 Å². The van der Waals surface area contributed by atoms with E-state index in [1.165, 1.54) is 6.08 Å². The Morgan fingerprint density at radius 1 is 1.17 bits per heavy atom. The topological polar surface area (TPSA) is 127 Å². The number of carbonyl (C=O) groups excluding carboxylic acids is 5. The Labute approximate surface area is 214 Å². The second kappa shape index (κ2) is 8.85. The molecule has 0 aromatic heterocycles. The van der Waals surface area contributed by atoms with Crippen molar-refractivity contribution in [2.24, 2.45) is 17.8 Å². The van der Waals surface area contributed by atoms with E-state index in [4.69, 9.17) is 4.74 Å². The normalized spacial score (nSPS) is 27.2. The number of phenolic OH excluding ortho intramolecular Hbond substituents is 1. The number of methoxy groups -OCH3 is 1. The number of allylic oxidation sites excluding steroid dienone is 6. The number of carbonyl (C=O) groups is 5. The van der Waals surface area contributed by atoms with E-state index in [1.54, 1.807) is 31.2 Å². The fourth-order valence-electron chi connectivity index (χ4n) is 5.88. The Balaban J connectivity index is 1.70. The SMILES string of the molecule is CCOc1cccc(C2C3=CCC4C(=O)N(C(=O)OC)C(=O)C4C3CC3=C2C(=O)C=C(Br)C3=O)c1O. The molecule has 4 aliphatic rings. The van der Waals surface area contributed by atoms with E-state index in [0.29, 0.717) is 22.6 Å². The average molecular weight is 556 g/mol. The number of imide groups is 3. The third-order valence-corrected chi connectivity index (χ3v) is 7.92. The van der Waals surface area contributed by atoms with E-state index in [2.05, 4.69) is 20.7 Å². The standard InChI is InChI=1S/C26H22BrNO8/c1-3-36-18-6-4-5-12(23(18)31)19-11-7-8-13-20(25(33)28(24(13)32)26(34)35-2)14(11)9-15-21(19)17(29)10-16(27)22(15)30/h4-7,10,13-14,19-20,31H,3,8-9H2,1-2H3. The highest BCUT2D eigenvalue weighted by Gasteiger charge is 2.58. The molecule has 0 bridgehead atoms. The van der Waals surface area contributed by atoms with Gasteiger partial charge in [-0.05, 0) is 47.7 Å². The predicted molar refractivity (Wildman–Crippen MR) is 128 cm³/mol. The van der Waals surface area contributed by atoms with Crippen LogP contribution in [0.25, 0.3) is 0 Å². The van der Waals surface area contributed by atoms with Crippen LogP contribution in [0.1, 0.15) is 31.2 Å². The summed E-state index contributed by atoms with van der Waals surface area (Å²) in [6.45, 7) is 2.08. The van der Waals surface area contributed by atoms with Gasteiger partial charge in [-0.15, -0.1) is 0 Å². The van der Waals surface area contributed by atoms with Crippen LogP contribution >= 0.6 is 15.9 Å². The van der Waals surface area contributed by atoms with Gasteiger partial charge in [-0.3, -0.25) is 19.2 Å². The summed E-state index contributed by atoms with van der Waals surface area (Å²) in [5, 5.41) is 11.1. The molecule has 5 rings (SSSR count). The third-order valence-electron chi connectivity index (χ3n) is 7.33. The minimum Gasteiger partial charge on any atom is -0.504 e. The number of nitrogens with zero attached hydrogens (tertiary/aromatic N) is 1. The number of hydrogen-bond donors (Lipinski definition) is 1. The zero-order valence-electron chi connectivity index (χ0n) is 19.4. The van der Waals surface area contributed by atoms with Crippen LogP contribution in [0, 0.1) is 17.8 Å². The zero-order valence-corrected chi connectivity index (χ0v) is 21.0. The maximum Gasteiger partial charge on any atom is 0.423 e. The Kier molecular flexibility index (Phi) is 5.94. The minimum absolute atomic E-state index is 0.0479. The Bertz CT molecular complexity index is 1340. The summed E-state index contributed by atoms with van der Waals surface area (Å²) < 4.78 is 10.3. The van der Waals surface area contributed by atoms with Crippen LogP contribution in [-0.2, 0) is 23.9 Å². The van der Waals surface area contributed by atoms with Crippen LogP contribution in [0.4, 0.5) is 4.79 Å². The fraction of sp³-hybridized carbons (Fsp3) is 0.346. The highest BCUT2D eigenvalue weighted by atomic mass is 79.9. The van der Waals surface area contributed by atoms with Crippen molar-refractivity contribution in [3.05, 3.63) is 57.1 Å². The molecule has 0 radical (unpaired) electrons. The summed E-state index contributed by atoms with van der Waals surface area (Å²) in [5.74, 6) is -5.20. The lowest BCUT2D eigenvalue weighted by Gasteiger charge is -2.42. The van der Waals surface area contributed by atoms with Gasteiger partial charge in [0.15, 0.2) is 23.1 Å². The largest absolute Gasteiger partial charge is 0.504 e. The first-order chi connectivity index (χ1) is 17.2. The van der Waals surface area contributed by atoms with E-state index >= 15 is 0 Å². The van der Waals surface area contributed by atoms with E-state index < -0.39 is 47.4 Å². The minimum atomic E-state index is -1.05. The average Bonchev–Trinajstić information content (AvgIpc) is 3.12. The third kappa shape index (κ3) is 3.38. The van der Waals surface area contributed by atoms with Crippen molar-refractivity contribution in [1.82, 2.24) is 4.90 Å². The van der Waals surface area contributed by atoms with Crippen molar-refractivity contribution in [2.75, 3.05) is 13.7 Å². The van der Waals surface area contributed by atoms with Crippen molar-refractivity contribution in [3.63, 3.8) is 0 Å². The maximum absolute atomic E-state index is 13.3. The van der Waals surface area contributed by atoms with Crippen LogP contribution in [0.5, 0.6) is 11.5 Å². The number of aromatic hydroxyl groups is 1. The number of hydrogen-bond acceptors (Lipinski definition) is 8. The van der Waals surface area contributed by atoms with Gasteiger partial charge in [-0.25, -0.2) is 4.79 Å². The molecule has 1 aliphatic heterocycles. The molecule has 4 atom stereocenters. The smallest absolute Gasteiger partial charge is 0.423 e. The van der Waals surface area contributed by atoms with Crippen molar-refractivity contribution < 1.29 is 38.6 Å². The van der Waals surface area contributed by atoms with Gasteiger partial charge in [0.1, 0.15) is 0 Å². The quantitative estimate of drug-likeness (QED) is 0.342. The van der Waals surface area contributed by atoms with E-state index in [9.17, 15) is 29.1 Å². The van der Waals surface area contributed by atoms with Gasteiger partial charge in [0.05, 0.1) is 30.0 Å². The molecule has 1 heterocycles. The predicted octanol–water partition coefficient (Wildman–Crippen LogP) is 3.32. The van der Waals surface area contributed by atoms with Gasteiger partial charge >= 0.3 is 6.09 Å². The second-order valence-electron chi connectivity index (χ2n) is 9.00. The molecule has 36 heavy (non-hydrogen) atoms. The highest BCUT2D eigenvalue weighted by Crippen LogP contribution is 2.56. The number of ketones is 2. The Morgan fingerprint density at radius 2 is 1.92 bits per heavy atom. The van der Waals surface area contributed by atoms with Crippen molar-refractivity contribution >= 4 is 45.4 Å². The molecular formula is C26H22BrNO8. The number of benzene rings is 1. The summed E-state index contributed by atoms with van der Waals surface area (Å²) in [4.78, 5) is 65.5. The zero-order chi connectivity index (χ0) is 25.9. The molecule has 1 fully saturated rings. The number of rotatable bonds is 3. The van der Waals surface area contributed by atoms with Crippen LogP contribution in [-0.4, -0.2) is 53.2 Å². The van der Waals surface area contributed by atoms with Crippen molar-refractivity contribution in [1.29, 1.82) is 0 Å². The number of likely N-dealkylation sites (tertiary alicyclic amines) is 1. The molecule has 9 nitrogen and oxygen atoms in total. The maximum atomic E-state index is 13.3. The monoisotopic (exact) mass is 555 g/mol. The molecule has 1 N–H and O–H groups in total. The number of ether oxygens (including phenoxy) is 2. The second-order valence-corrected chi connectivity index (χ2v) is 9.86. The highest BCUT2D eigenvalue weighted by molar-refractivity contribution is 9.12. The van der Waals surface area contributed by atoms with Gasteiger partial charge < -0.3 is 14.6 Å². The molecule has 186 valence electrons. The van der Waals surface area contributed by atoms with Gasteiger partial charge in [-0.1, -0.05) is 23.8 Å². The Morgan fingerprint density at radius 3 is 2.61 bits per heavy atom. The van der Waals surface area contributed by atoms with Gasteiger partial charge in [0, 0.05) is 28.7 Å². The molecule has 3 aliphatic carbocycles. The lowest BCUT2D eigenvalue weighted by molar-refractivity contribution is -0.137. The van der Waals surface area contributed by atoms with Crippen LogP contribution in [0.3, 0.4) is 0 Å². The summed E-state index contributed by atoms with van der Waals surface area (Å²) in [6.07, 6.45) is 2.18. The van der Waals surface area contributed by atoms with Crippen molar-refractivity contribution in [3.8, 4) is 11.5 Å². The molecule has 0 saturated carbocycles. The summed E-state index contributed by atoms with van der Waals surface area (Å²) >= 11 is 3.16. The number of para-hydroxylation sites is 1. The molecule has 0 spiro atoms. The molecular weight excluding hydrogens is 534 g/mol. The summed E-state index contributed by atoms with van der Waals surface area (Å²) in [6, 6.07) is 4.93. The number of halogens is 1. The fourth-order valence-corrected chi connectivity index (χ4v) is 6.32. The van der Waals surface area contributed by atoms with E-state index in [0.717, 1.165) is 7.11 Å². The van der Waals surface area contributed by atoms with Gasteiger partial charge in [-0.2, -0.15) is 4.90 Å². The van der Waals surface area contributed by atoms with Crippen LogP contribution in [0.15, 0.2) is 51.6 Å². The van der Waals surface area contributed by atoms with Crippen molar-refractivity contribution in [2.45, 2.75) is 25.7 Å². The first-order valence-electron chi connectivity index (χ1n) is 11.5. The molecule has 10 heteroatoms. The summed E-state index contributed by atoms with van der Waals surface area (Å²) in [5.41, 5.74) is 1.46.